The van der Waals surface area contributed by atoms with Gasteiger partial charge >= 0.3 is 0 Å². The maximum atomic E-state index is 12.9. The van der Waals surface area contributed by atoms with Crippen LogP contribution in [0.2, 0.25) is 0 Å². The first-order chi connectivity index (χ1) is 13.9. The third-order valence-electron chi connectivity index (χ3n) is 5.80. The lowest BCUT2D eigenvalue weighted by Crippen LogP contribution is -2.46. The molecule has 1 fully saturated rings. The Kier molecular flexibility index (Phi) is 7.09. The molecule has 0 spiro atoms. The van der Waals surface area contributed by atoms with Gasteiger partial charge in [0, 0.05) is 30.6 Å². The van der Waals surface area contributed by atoms with Crippen molar-refractivity contribution in [1.29, 1.82) is 0 Å². The highest BCUT2D eigenvalue weighted by atomic mass is 16.1. The molecule has 2 atom stereocenters. The molecule has 6 nitrogen and oxygen atoms in total. The van der Waals surface area contributed by atoms with Crippen LogP contribution in [0, 0.1) is 0 Å². The minimum Gasteiger partial charge on any atom is -0.356 e. The number of carbonyl (C=O) groups excluding carboxylic acids is 1. The molecule has 1 aliphatic rings. The van der Waals surface area contributed by atoms with Crippen LogP contribution in [0.15, 0.2) is 24.3 Å². The van der Waals surface area contributed by atoms with Crippen LogP contribution >= 0.6 is 0 Å². The van der Waals surface area contributed by atoms with Gasteiger partial charge in [-0.15, -0.1) is 0 Å². The van der Waals surface area contributed by atoms with Gasteiger partial charge in [-0.25, -0.2) is 4.98 Å². The fourth-order valence-corrected chi connectivity index (χ4v) is 3.91. The van der Waals surface area contributed by atoms with E-state index in [1.807, 2.05) is 6.07 Å². The Labute approximate surface area is 174 Å². The van der Waals surface area contributed by atoms with Gasteiger partial charge < -0.3 is 21.3 Å². The minimum atomic E-state index is -0.404. The molecule has 4 N–H and O–H groups in total. The molecule has 1 amide bonds. The number of aromatic nitrogens is 1. The number of anilines is 1. The maximum absolute atomic E-state index is 12.9. The molecule has 0 saturated carbocycles. The van der Waals surface area contributed by atoms with E-state index in [1.54, 1.807) is 6.92 Å². The Morgan fingerprint density at radius 3 is 2.59 bits per heavy atom. The van der Waals surface area contributed by atoms with Crippen molar-refractivity contribution >= 4 is 22.6 Å². The number of hydrogen-bond acceptors (Lipinski definition) is 5. The van der Waals surface area contributed by atoms with Crippen molar-refractivity contribution in [2.45, 2.75) is 71.6 Å². The normalized spacial score (nSPS) is 17.3. The molecule has 158 valence electrons. The molecule has 1 saturated heterocycles. The van der Waals surface area contributed by atoms with Gasteiger partial charge in [0.2, 0.25) is 0 Å². The highest BCUT2D eigenvalue weighted by molar-refractivity contribution is 6.02. The van der Waals surface area contributed by atoms with Gasteiger partial charge in [-0.1, -0.05) is 19.9 Å². The quantitative estimate of drug-likeness (QED) is 0.625. The van der Waals surface area contributed by atoms with Crippen LogP contribution in [0.25, 0.3) is 10.9 Å². The fourth-order valence-electron chi connectivity index (χ4n) is 3.91. The Balaban J connectivity index is 1.90. The molecular formula is C23H35N5O. The molecule has 2 aromatic rings. The topological polar surface area (TPSA) is 83.3 Å². The number of fused-ring (bicyclic) bond motifs is 1. The summed E-state index contributed by atoms with van der Waals surface area (Å²) >= 11 is 0. The van der Waals surface area contributed by atoms with E-state index in [1.165, 1.54) is 5.56 Å². The second-order valence-electron chi connectivity index (χ2n) is 8.24. The molecule has 1 aromatic heterocycles. The summed E-state index contributed by atoms with van der Waals surface area (Å²) < 4.78 is 0. The predicted octanol–water partition coefficient (Wildman–Crippen LogP) is 3.19. The summed E-state index contributed by atoms with van der Waals surface area (Å²) in [4.78, 5) is 20.1. The number of benzene rings is 1. The van der Waals surface area contributed by atoms with Gasteiger partial charge in [0.15, 0.2) is 0 Å². The number of hydrogen-bond donors (Lipinski definition) is 3. The van der Waals surface area contributed by atoms with Crippen LogP contribution in [0.4, 0.5) is 5.82 Å². The average molecular weight is 398 g/mol. The van der Waals surface area contributed by atoms with Crippen LogP contribution in [-0.4, -0.2) is 42.2 Å². The van der Waals surface area contributed by atoms with Crippen molar-refractivity contribution in [3.63, 3.8) is 0 Å². The Morgan fingerprint density at radius 2 is 1.97 bits per heavy atom. The van der Waals surface area contributed by atoms with Crippen molar-refractivity contribution in [2.24, 2.45) is 5.73 Å². The molecule has 0 bridgehead atoms. The maximum Gasteiger partial charge on any atom is 0.256 e. The van der Waals surface area contributed by atoms with Gasteiger partial charge in [0.05, 0.1) is 17.2 Å². The van der Waals surface area contributed by atoms with E-state index in [9.17, 15) is 4.79 Å². The summed E-state index contributed by atoms with van der Waals surface area (Å²) in [5, 5.41) is 7.53. The third-order valence-corrected chi connectivity index (χ3v) is 5.80. The van der Waals surface area contributed by atoms with Crippen molar-refractivity contribution in [1.82, 2.24) is 15.6 Å². The van der Waals surface area contributed by atoms with E-state index in [0.717, 1.165) is 55.5 Å². The Hall–Kier alpha value is -2.18. The SMILES string of the molecule is CCc1ccc2nc(N3CCC(N[C@H](C)CC)CC3)c(C(=O)NC(C)N)cc2c1. The first-order valence-corrected chi connectivity index (χ1v) is 10.9. The molecule has 1 aromatic carbocycles. The summed E-state index contributed by atoms with van der Waals surface area (Å²) in [6.07, 6.45) is 3.78. The zero-order valence-electron chi connectivity index (χ0n) is 18.2. The molecule has 6 heteroatoms. The highest BCUT2D eigenvalue weighted by Crippen LogP contribution is 2.27. The first-order valence-electron chi connectivity index (χ1n) is 10.9. The van der Waals surface area contributed by atoms with E-state index in [2.05, 4.69) is 54.5 Å². The van der Waals surface area contributed by atoms with Crippen molar-refractivity contribution in [3.05, 3.63) is 35.4 Å². The number of nitrogens with zero attached hydrogens (tertiary/aromatic N) is 2. The van der Waals surface area contributed by atoms with Crippen LogP contribution in [-0.2, 0) is 6.42 Å². The van der Waals surface area contributed by atoms with Gasteiger partial charge in [-0.05, 0) is 63.3 Å². The molecule has 1 aliphatic heterocycles. The molecular weight excluding hydrogens is 362 g/mol. The fraction of sp³-hybridized carbons (Fsp3) is 0.565. The number of aryl methyl sites for hydroxylation is 1. The summed E-state index contributed by atoms with van der Waals surface area (Å²) in [6, 6.07) is 9.32. The van der Waals surface area contributed by atoms with Gasteiger partial charge in [0.25, 0.3) is 5.91 Å². The van der Waals surface area contributed by atoms with Crippen molar-refractivity contribution in [3.8, 4) is 0 Å². The molecule has 0 aliphatic carbocycles. The summed E-state index contributed by atoms with van der Waals surface area (Å²) in [5.41, 5.74) is 8.59. The van der Waals surface area contributed by atoms with Crippen LogP contribution < -0.4 is 21.3 Å². The number of nitrogens with two attached hydrogens (primary N) is 1. The largest absolute Gasteiger partial charge is 0.356 e. The summed E-state index contributed by atoms with van der Waals surface area (Å²) in [7, 11) is 0. The smallest absolute Gasteiger partial charge is 0.256 e. The van der Waals surface area contributed by atoms with E-state index in [0.29, 0.717) is 17.6 Å². The molecule has 0 radical (unpaired) electrons. The highest BCUT2D eigenvalue weighted by Gasteiger charge is 2.25. The zero-order chi connectivity index (χ0) is 21.0. The monoisotopic (exact) mass is 397 g/mol. The number of carbonyl (C=O) groups is 1. The number of amides is 1. The molecule has 3 rings (SSSR count). The van der Waals surface area contributed by atoms with E-state index >= 15 is 0 Å². The Morgan fingerprint density at radius 1 is 1.24 bits per heavy atom. The molecule has 1 unspecified atom stereocenters. The van der Waals surface area contributed by atoms with E-state index in [4.69, 9.17) is 10.7 Å². The van der Waals surface area contributed by atoms with Crippen molar-refractivity contribution in [2.75, 3.05) is 18.0 Å². The summed E-state index contributed by atoms with van der Waals surface area (Å²) in [6.45, 7) is 10.1. The van der Waals surface area contributed by atoms with Crippen LogP contribution in [0.1, 0.15) is 62.9 Å². The number of nitrogens with one attached hydrogen (secondary N) is 2. The second kappa shape index (κ2) is 9.55. The standard InChI is InChI=1S/C23H35N5O/c1-5-15(3)25-19-9-11-28(12-10-19)22-20(23(29)26-16(4)24)14-18-13-17(6-2)7-8-21(18)27-22/h7-8,13-16,19,25H,5-6,9-12,24H2,1-4H3,(H,26,29)/t15-,16?/m1/s1. The van der Waals surface area contributed by atoms with Gasteiger partial charge in [-0.2, -0.15) is 0 Å². The zero-order valence-corrected chi connectivity index (χ0v) is 18.2. The molecule has 2 heterocycles. The second-order valence-corrected chi connectivity index (χ2v) is 8.24. The van der Waals surface area contributed by atoms with Crippen LogP contribution in [0.3, 0.4) is 0 Å². The average Bonchev–Trinajstić information content (AvgIpc) is 2.72. The van der Waals surface area contributed by atoms with E-state index < -0.39 is 6.17 Å². The Bertz CT molecular complexity index is 843. The lowest BCUT2D eigenvalue weighted by molar-refractivity contribution is 0.0941. The lowest BCUT2D eigenvalue weighted by Gasteiger charge is -2.35. The van der Waals surface area contributed by atoms with Crippen molar-refractivity contribution < 1.29 is 4.79 Å². The van der Waals surface area contributed by atoms with Gasteiger partial charge in [-0.3, -0.25) is 4.79 Å². The molecule has 29 heavy (non-hydrogen) atoms. The number of rotatable bonds is 7. The minimum absolute atomic E-state index is 0.161. The van der Waals surface area contributed by atoms with Crippen LogP contribution in [0.5, 0.6) is 0 Å². The lowest BCUT2D eigenvalue weighted by atomic mass is 10.0. The summed E-state index contributed by atoms with van der Waals surface area (Å²) in [5.74, 6) is 0.605. The predicted molar refractivity (Wildman–Crippen MR) is 120 cm³/mol. The van der Waals surface area contributed by atoms with E-state index in [-0.39, 0.29) is 5.91 Å². The van der Waals surface area contributed by atoms with Gasteiger partial charge in [0.1, 0.15) is 5.82 Å². The first kappa shape index (κ1) is 21.5. The number of piperidine rings is 1. The third kappa shape index (κ3) is 5.25. The number of pyridine rings is 1.